The van der Waals surface area contributed by atoms with Gasteiger partial charge in [-0.15, -0.1) is 5.10 Å². The molecule has 0 spiro atoms. The highest BCUT2D eigenvalue weighted by molar-refractivity contribution is 7.89. The van der Waals surface area contributed by atoms with Crippen LogP contribution in [0.1, 0.15) is 43.1 Å². The van der Waals surface area contributed by atoms with Gasteiger partial charge in [-0.1, -0.05) is 59.8 Å². The van der Waals surface area contributed by atoms with Gasteiger partial charge >= 0.3 is 0 Å². The molecule has 1 aromatic heterocycles. The van der Waals surface area contributed by atoms with Gasteiger partial charge in [0, 0.05) is 49.6 Å². The summed E-state index contributed by atoms with van der Waals surface area (Å²) in [6, 6.07) is 21.9. The van der Waals surface area contributed by atoms with Crippen LogP contribution in [-0.4, -0.2) is 64.3 Å². The summed E-state index contributed by atoms with van der Waals surface area (Å²) >= 11 is 0. The van der Waals surface area contributed by atoms with E-state index in [4.69, 9.17) is 4.74 Å². The van der Waals surface area contributed by atoms with Gasteiger partial charge in [-0.2, -0.15) is 0 Å². The number of rotatable bonds is 9. The van der Waals surface area contributed by atoms with Crippen molar-refractivity contribution in [2.24, 2.45) is 0 Å². The van der Waals surface area contributed by atoms with Crippen molar-refractivity contribution >= 4 is 15.9 Å². The number of sulfonamides is 1. The molecule has 0 saturated heterocycles. The Kier molecular flexibility index (Phi) is 8.24. The lowest BCUT2D eigenvalue weighted by Crippen LogP contribution is -2.50. The van der Waals surface area contributed by atoms with Crippen LogP contribution in [0, 0.1) is 0 Å². The third kappa shape index (κ3) is 5.97. The van der Waals surface area contributed by atoms with Crippen LogP contribution in [-0.2, 0) is 27.8 Å². The van der Waals surface area contributed by atoms with Gasteiger partial charge in [0.1, 0.15) is 11.8 Å². The summed E-state index contributed by atoms with van der Waals surface area (Å²) in [4.78, 5) is 15.4. The molecule has 0 bridgehead atoms. The predicted molar refractivity (Wildman–Crippen MR) is 167 cm³/mol. The summed E-state index contributed by atoms with van der Waals surface area (Å²) in [6.45, 7) is 5.69. The molecule has 4 aromatic rings. The fourth-order valence-electron chi connectivity index (χ4n) is 5.54. The summed E-state index contributed by atoms with van der Waals surface area (Å²) in [5, 5.41) is 11.4. The highest BCUT2D eigenvalue weighted by Gasteiger charge is 2.36. The SMILES string of the molecule is CC(C)N(C)Cc1ccc2c(c1)OCCC2n1cc(CC2C(=O)NC=CN2S(=O)(=O)c2cccc(-c3ccccc3)c2)nn1. The Labute approximate surface area is 258 Å². The van der Waals surface area contributed by atoms with Crippen molar-refractivity contribution in [3.05, 3.63) is 108 Å². The number of hydrogen-bond acceptors (Lipinski definition) is 7. The number of fused-ring (bicyclic) bond motifs is 1. The van der Waals surface area contributed by atoms with E-state index in [9.17, 15) is 13.2 Å². The van der Waals surface area contributed by atoms with Crippen molar-refractivity contribution in [2.45, 2.75) is 56.3 Å². The molecule has 0 fully saturated rings. The molecule has 1 N–H and O–H groups in total. The molecular weight excluding hydrogens is 576 g/mol. The lowest BCUT2D eigenvalue weighted by Gasteiger charge is -2.31. The van der Waals surface area contributed by atoms with Crippen LogP contribution in [0.4, 0.5) is 0 Å². The highest BCUT2D eigenvalue weighted by Crippen LogP contribution is 2.35. The minimum atomic E-state index is -4.06. The number of amides is 1. The second-order valence-corrected chi connectivity index (χ2v) is 13.3. The summed E-state index contributed by atoms with van der Waals surface area (Å²) in [6.07, 6.45) is 5.31. The van der Waals surface area contributed by atoms with Crippen LogP contribution in [0.15, 0.2) is 96.3 Å². The Hall–Kier alpha value is -4.48. The largest absolute Gasteiger partial charge is 0.493 e. The molecule has 11 heteroatoms. The summed E-state index contributed by atoms with van der Waals surface area (Å²) in [7, 11) is -1.96. The van der Waals surface area contributed by atoms with Crippen LogP contribution >= 0.6 is 0 Å². The fourth-order valence-corrected chi connectivity index (χ4v) is 7.04. The number of nitrogens with zero attached hydrogens (tertiary/aromatic N) is 5. The van der Waals surface area contributed by atoms with E-state index in [1.54, 1.807) is 29.1 Å². The molecule has 2 aliphatic rings. The maximum Gasteiger partial charge on any atom is 0.264 e. The molecule has 0 aliphatic carbocycles. The van der Waals surface area contributed by atoms with Crippen molar-refractivity contribution < 1.29 is 17.9 Å². The Morgan fingerprint density at radius 3 is 2.64 bits per heavy atom. The number of hydrogen-bond donors (Lipinski definition) is 1. The predicted octanol–water partition coefficient (Wildman–Crippen LogP) is 4.36. The van der Waals surface area contributed by atoms with Gasteiger partial charge in [-0.3, -0.25) is 14.0 Å². The maximum atomic E-state index is 13.9. The van der Waals surface area contributed by atoms with Crippen LogP contribution < -0.4 is 10.1 Å². The normalized spacial score (nSPS) is 18.3. The summed E-state index contributed by atoms with van der Waals surface area (Å²) in [5.74, 6) is 0.403. The average molecular weight is 613 g/mol. The van der Waals surface area contributed by atoms with E-state index in [1.165, 1.54) is 18.0 Å². The van der Waals surface area contributed by atoms with Crippen molar-refractivity contribution in [2.75, 3.05) is 13.7 Å². The molecule has 6 rings (SSSR count). The van der Waals surface area contributed by atoms with Crippen molar-refractivity contribution in [1.29, 1.82) is 0 Å². The number of nitrogens with one attached hydrogen (secondary N) is 1. The molecule has 3 aromatic carbocycles. The van der Waals surface area contributed by atoms with Crippen LogP contribution in [0.25, 0.3) is 11.1 Å². The number of benzene rings is 3. The smallest absolute Gasteiger partial charge is 0.264 e. The highest BCUT2D eigenvalue weighted by atomic mass is 32.2. The topological polar surface area (TPSA) is 110 Å². The van der Waals surface area contributed by atoms with E-state index in [1.807, 2.05) is 36.4 Å². The van der Waals surface area contributed by atoms with Gasteiger partial charge in [0.2, 0.25) is 5.91 Å². The van der Waals surface area contributed by atoms with Gasteiger partial charge in [0.15, 0.2) is 0 Å². The maximum absolute atomic E-state index is 13.9. The van der Waals surface area contributed by atoms with E-state index < -0.39 is 22.0 Å². The first-order chi connectivity index (χ1) is 21.2. The molecule has 44 heavy (non-hydrogen) atoms. The Morgan fingerprint density at radius 1 is 1.05 bits per heavy atom. The summed E-state index contributed by atoms with van der Waals surface area (Å²) in [5.41, 5.74) is 4.38. The molecular formula is C33H36N6O4S. The van der Waals surface area contributed by atoms with Crippen LogP contribution in [0.3, 0.4) is 0 Å². The zero-order valence-corrected chi connectivity index (χ0v) is 25.8. The molecule has 2 atom stereocenters. The first-order valence-electron chi connectivity index (χ1n) is 14.7. The Balaban J connectivity index is 1.23. The Morgan fingerprint density at radius 2 is 1.84 bits per heavy atom. The van der Waals surface area contributed by atoms with Gasteiger partial charge < -0.3 is 10.1 Å². The number of aromatic nitrogens is 3. The molecule has 0 radical (unpaired) electrons. The minimum absolute atomic E-state index is 0.0599. The molecule has 3 heterocycles. The van der Waals surface area contributed by atoms with E-state index in [-0.39, 0.29) is 17.4 Å². The first-order valence-corrected chi connectivity index (χ1v) is 16.2. The molecule has 2 unspecified atom stereocenters. The van der Waals surface area contributed by atoms with Crippen molar-refractivity contribution in [1.82, 2.24) is 29.5 Å². The average Bonchev–Trinajstić information content (AvgIpc) is 3.50. The van der Waals surface area contributed by atoms with E-state index in [0.29, 0.717) is 24.8 Å². The second kappa shape index (κ2) is 12.3. The van der Waals surface area contributed by atoms with Crippen LogP contribution in [0.5, 0.6) is 5.75 Å². The molecule has 0 saturated carbocycles. The lowest BCUT2D eigenvalue weighted by molar-refractivity contribution is -0.124. The minimum Gasteiger partial charge on any atom is -0.493 e. The molecule has 1 amide bonds. The zero-order valence-electron chi connectivity index (χ0n) is 25.0. The van der Waals surface area contributed by atoms with Gasteiger partial charge in [0.25, 0.3) is 10.0 Å². The number of ether oxygens (including phenoxy) is 1. The number of carbonyl (C=O) groups excluding carboxylic acids is 1. The first kappa shape index (κ1) is 29.6. The van der Waals surface area contributed by atoms with Gasteiger partial charge in [0.05, 0.1) is 23.2 Å². The molecule has 228 valence electrons. The van der Waals surface area contributed by atoms with Crippen LogP contribution in [0.2, 0.25) is 0 Å². The van der Waals surface area contributed by atoms with E-state index in [2.05, 4.69) is 59.6 Å². The third-order valence-electron chi connectivity index (χ3n) is 8.25. The zero-order chi connectivity index (χ0) is 30.8. The molecule has 2 aliphatic heterocycles. The second-order valence-electron chi connectivity index (χ2n) is 11.5. The molecule has 10 nitrogen and oxygen atoms in total. The monoisotopic (exact) mass is 612 g/mol. The number of carbonyl (C=O) groups is 1. The summed E-state index contributed by atoms with van der Waals surface area (Å²) < 4.78 is 36.7. The van der Waals surface area contributed by atoms with Gasteiger partial charge in [-0.25, -0.2) is 13.1 Å². The van der Waals surface area contributed by atoms with Gasteiger partial charge in [-0.05, 0) is 55.8 Å². The lowest BCUT2D eigenvalue weighted by atomic mass is 9.98. The van der Waals surface area contributed by atoms with Crippen molar-refractivity contribution in [3.8, 4) is 16.9 Å². The van der Waals surface area contributed by atoms with E-state index >= 15 is 0 Å². The quantitative estimate of drug-likeness (QED) is 0.299. The fraction of sp³-hybridized carbons (Fsp3) is 0.303. The van der Waals surface area contributed by atoms with Crippen molar-refractivity contribution in [3.63, 3.8) is 0 Å². The Bertz CT molecular complexity index is 1790. The third-order valence-corrected chi connectivity index (χ3v) is 10.0. The van der Waals surface area contributed by atoms with E-state index in [0.717, 1.165) is 33.3 Å². The standard InChI is InChI=1S/C33H36N6O4S/c1-23(2)37(3)21-24-12-13-29-30(14-17-43-32(29)18-24)38-22-27(35-36-38)20-31-33(40)34-15-16-39(31)44(41,42)28-11-7-10-26(19-28)25-8-5-4-6-9-25/h4-13,15-16,18-19,22-23,30-31H,14,17,20-21H2,1-3H3,(H,34,40).